The SMILES string of the molecule is Cc1cnc(S(=O)(=O)NCCc2ccc3ccccc3c2)c(C)c1. The van der Waals surface area contributed by atoms with E-state index >= 15 is 0 Å². The molecule has 1 heterocycles. The second-order valence-corrected chi connectivity index (χ2v) is 7.65. The zero-order valence-electron chi connectivity index (χ0n) is 13.8. The van der Waals surface area contributed by atoms with Gasteiger partial charge in [0.25, 0.3) is 10.0 Å². The highest BCUT2D eigenvalue weighted by Crippen LogP contribution is 2.16. The van der Waals surface area contributed by atoms with Crippen molar-refractivity contribution in [1.82, 2.24) is 9.71 Å². The van der Waals surface area contributed by atoms with E-state index in [0.717, 1.165) is 16.5 Å². The van der Waals surface area contributed by atoms with Gasteiger partial charge in [-0.25, -0.2) is 18.1 Å². The number of aryl methyl sites for hydroxylation is 2. The summed E-state index contributed by atoms with van der Waals surface area (Å²) in [6, 6.07) is 16.1. The first kappa shape index (κ1) is 16.6. The topological polar surface area (TPSA) is 59.1 Å². The van der Waals surface area contributed by atoms with Gasteiger partial charge in [-0.2, -0.15) is 0 Å². The number of hydrogen-bond acceptors (Lipinski definition) is 3. The number of sulfonamides is 1. The molecule has 0 amide bonds. The van der Waals surface area contributed by atoms with E-state index in [2.05, 4.69) is 34.0 Å². The van der Waals surface area contributed by atoms with Crippen LogP contribution in [0.4, 0.5) is 0 Å². The first-order valence-electron chi connectivity index (χ1n) is 7.86. The van der Waals surface area contributed by atoms with Crippen molar-refractivity contribution in [2.24, 2.45) is 0 Å². The Morgan fingerprint density at radius 3 is 2.50 bits per heavy atom. The fraction of sp³-hybridized carbons (Fsp3) is 0.211. The van der Waals surface area contributed by atoms with Crippen LogP contribution in [0, 0.1) is 13.8 Å². The van der Waals surface area contributed by atoms with Crippen LogP contribution in [-0.2, 0) is 16.4 Å². The minimum atomic E-state index is -3.58. The number of benzene rings is 2. The fourth-order valence-electron chi connectivity index (χ4n) is 2.78. The zero-order valence-corrected chi connectivity index (χ0v) is 14.6. The zero-order chi connectivity index (χ0) is 17.2. The van der Waals surface area contributed by atoms with Crippen LogP contribution in [0.5, 0.6) is 0 Å². The smallest absolute Gasteiger partial charge is 0.243 e. The molecule has 0 unspecified atom stereocenters. The lowest BCUT2D eigenvalue weighted by Crippen LogP contribution is -2.27. The number of rotatable bonds is 5. The maximum atomic E-state index is 12.4. The van der Waals surface area contributed by atoms with E-state index in [-0.39, 0.29) is 5.03 Å². The average molecular weight is 340 g/mol. The molecule has 0 saturated heterocycles. The maximum Gasteiger partial charge on any atom is 0.258 e. The molecule has 0 radical (unpaired) electrons. The third-order valence-electron chi connectivity index (χ3n) is 3.94. The summed E-state index contributed by atoms with van der Waals surface area (Å²) in [4.78, 5) is 4.07. The highest BCUT2D eigenvalue weighted by Gasteiger charge is 2.17. The number of aromatic nitrogens is 1. The van der Waals surface area contributed by atoms with Crippen molar-refractivity contribution in [2.45, 2.75) is 25.3 Å². The summed E-state index contributed by atoms with van der Waals surface area (Å²) in [5.41, 5.74) is 2.71. The molecule has 0 atom stereocenters. The van der Waals surface area contributed by atoms with Gasteiger partial charge < -0.3 is 0 Å². The maximum absolute atomic E-state index is 12.4. The van der Waals surface area contributed by atoms with Crippen molar-refractivity contribution in [3.8, 4) is 0 Å². The Balaban J connectivity index is 1.70. The molecule has 4 nitrogen and oxygen atoms in total. The molecule has 124 valence electrons. The van der Waals surface area contributed by atoms with E-state index in [1.807, 2.05) is 31.2 Å². The highest BCUT2D eigenvalue weighted by atomic mass is 32.2. The normalized spacial score (nSPS) is 11.8. The van der Waals surface area contributed by atoms with Gasteiger partial charge >= 0.3 is 0 Å². The molecule has 1 aromatic heterocycles. The van der Waals surface area contributed by atoms with Gasteiger partial charge in [-0.05, 0) is 47.7 Å². The van der Waals surface area contributed by atoms with Crippen LogP contribution in [0.3, 0.4) is 0 Å². The molecule has 0 bridgehead atoms. The van der Waals surface area contributed by atoms with Gasteiger partial charge in [0, 0.05) is 12.7 Å². The molecule has 0 aliphatic heterocycles. The highest BCUT2D eigenvalue weighted by molar-refractivity contribution is 7.89. The summed E-state index contributed by atoms with van der Waals surface area (Å²) in [5, 5.41) is 2.45. The van der Waals surface area contributed by atoms with Gasteiger partial charge in [-0.1, -0.05) is 48.5 Å². The minimum Gasteiger partial charge on any atom is -0.243 e. The van der Waals surface area contributed by atoms with Crippen LogP contribution >= 0.6 is 0 Å². The molecule has 0 saturated carbocycles. The second kappa shape index (κ2) is 6.71. The number of fused-ring (bicyclic) bond motifs is 1. The molecule has 0 spiro atoms. The molecule has 3 aromatic rings. The van der Waals surface area contributed by atoms with Crippen LogP contribution < -0.4 is 4.72 Å². The van der Waals surface area contributed by atoms with Crippen LogP contribution in [0.2, 0.25) is 0 Å². The predicted octanol–water partition coefficient (Wildman–Crippen LogP) is 3.37. The van der Waals surface area contributed by atoms with Crippen molar-refractivity contribution in [1.29, 1.82) is 0 Å². The number of pyridine rings is 1. The van der Waals surface area contributed by atoms with Crippen molar-refractivity contribution in [3.63, 3.8) is 0 Å². The lowest BCUT2D eigenvalue weighted by molar-refractivity contribution is 0.577. The summed E-state index contributed by atoms with van der Waals surface area (Å²) in [6.45, 7) is 4.00. The van der Waals surface area contributed by atoms with Crippen LogP contribution in [0.1, 0.15) is 16.7 Å². The Bertz CT molecular complexity index is 982. The number of hydrogen-bond donors (Lipinski definition) is 1. The lowest BCUT2D eigenvalue weighted by Gasteiger charge is -2.09. The third kappa shape index (κ3) is 3.63. The Hall–Kier alpha value is -2.24. The number of nitrogens with one attached hydrogen (secondary N) is 1. The first-order valence-corrected chi connectivity index (χ1v) is 9.35. The molecule has 1 N–H and O–H groups in total. The summed E-state index contributed by atoms with van der Waals surface area (Å²) in [5.74, 6) is 0. The second-order valence-electron chi connectivity index (χ2n) is 5.96. The molecule has 0 aliphatic rings. The van der Waals surface area contributed by atoms with Gasteiger partial charge in [-0.15, -0.1) is 0 Å². The first-order chi connectivity index (χ1) is 11.5. The van der Waals surface area contributed by atoms with E-state index in [0.29, 0.717) is 18.5 Å². The number of nitrogens with zero attached hydrogens (tertiary/aromatic N) is 1. The molecule has 5 heteroatoms. The average Bonchev–Trinajstić information content (AvgIpc) is 2.54. The summed E-state index contributed by atoms with van der Waals surface area (Å²) >= 11 is 0. The summed E-state index contributed by atoms with van der Waals surface area (Å²) < 4.78 is 27.4. The van der Waals surface area contributed by atoms with Crippen molar-refractivity contribution >= 4 is 20.8 Å². The summed E-state index contributed by atoms with van der Waals surface area (Å²) in [7, 11) is -3.58. The summed E-state index contributed by atoms with van der Waals surface area (Å²) in [6.07, 6.45) is 2.21. The third-order valence-corrected chi connectivity index (χ3v) is 5.46. The van der Waals surface area contributed by atoms with E-state index in [9.17, 15) is 8.42 Å². The van der Waals surface area contributed by atoms with Gasteiger partial charge in [0.2, 0.25) is 0 Å². The minimum absolute atomic E-state index is 0.103. The van der Waals surface area contributed by atoms with Gasteiger partial charge in [0.15, 0.2) is 5.03 Å². The molecular formula is C19H20N2O2S. The van der Waals surface area contributed by atoms with Crippen LogP contribution in [0.15, 0.2) is 59.8 Å². The quantitative estimate of drug-likeness (QED) is 0.775. The lowest BCUT2D eigenvalue weighted by atomic mass is 10.1. The molecule has 24 heavy (non-hydrogen) atoms. The molecule has 0 fully saturated rings. The van der Waals surface area contributed by atoms with Crippen molar-refractivity contribution < 1.29 is 8.42 Å². The van der Waals surface area contributed by atoms with E-state index in [1.54, 1.807) is 13.1 Å². The van der Waals surface area contributed by atoms with Crippen LogP contribution in [0.25, 0.3) is 10.8 Å². The Morgan fingerprint density at radius 2 is 1.75 bits per heavy atom. The van der Waals surface area contributed by atoms with Crippen molar-refractivity contribution in [2.75, 3.05) is 6.54 Å². The van der Waals surface area contributed by atoms with Crippen LogP contribution in [-0.4, -0.2) is 19.9 Å². The molecule has 3 rings (SSSR count). The standard InChI is InChI=1S/C19H20N2O2S/c1-14-11-15(2)19(20-13-14)24(22,23)21-10-9-16-7-8-17-5-3-4-6-18(17)12-16/h3-8,11-13,21H,9-10H2,1-2H3. The predicted molar refractivity (Wildman–Crippen MR) is 96.6 cm³/mol. The van der Waals surface area contributed by atoms with E-state index in [1.165, 1.54) is 5.39 Å². The Labute approximate surface area is 142 Å². The van der Waals surface area contributed by atoms with Gasteiger partial charge in [0.05, 0.1) is 0 Å². The largest absolute Gasteiger partial charge is 0.258 e. The molecular weight excluding hydrogens is 320 g/mol. The van der Waals surface area contributed by atoms with E-state index < -0.39 is 10.0 Å². The molecule has 2 aromatic carbocycles. The molecule has 0 aliphatic carbocycles. The van der Waals surface area contributed by atoms with Gasteiger partial charge in [-0.3, -0.25) is 0 Å². The Morgan fingerprint density at radius 1 is 1.00 bits per heavy atom. The van der Waals surface area contributed by atoms with Crippen molar-refractivity contribution in [3.05, 3.63) is 71.4 Å². The van der Waals surface area contributed by atoms with Gasteiger partial charge in [0.1, 0.15) is 0 Å². The van der Waals surface area contributed by atoms with E-state index in [4.69, 9.17) is 0 Å². The fourth-order valence-corrected chi connectivity index (χ4v) is 3.96. The monoisotopic (exact) mass is 340 g/mol. The Kier molecular flexibility index (Phi) is 4.64.